The molecule has 0 bridgehead atoms. The molecule has 1 fully saturated rings. The van der Waals surface area contributed by atoms with Crippen LogP contribution in [0.3, 0.4) is 0 Å². The highest BCUT2D eigenvalue weighted by molar-refractivity contribution is 8.00. The van der Waals surface area contributed by atoms with Gasteiger partial charge in [-0.25, -0.2) is 9.69 Å². The number of rotatable bonds is 11. The van der Waals surface area contributed by atoms with Crippen LogP contribution in [-0.2, 0) is 25.7 Å². The van der Waals surface area contributed by atoms with E-state index in [0.717, 1.165) is 38.8 Å². The molecule has 0 saturated carbocycles. The number of aryl methyl sites for hydroxylation is 1. The number of nitrogens with one attached hydrogen (secondary N) is 2. The Hall–Kier alpha value is -6.46. The standard InChI is InChI=1S/C43H36N4O6S/c1-3-46-36-16-9-8-15-33(36)34-22-17-27(24-37(34)46)23-35(45-40(49)28-11-6-5-7-12-28)41(50)44-30-13-10-14-32(25-30)54-38-26-39(48)47(42(38)51)31-20-18-29(19-21-31)43(52)53-4-2/h5-25,38H,3-4,26H2,1-2H3,(H,44,50)(H,45,49)/b35-23-. The summed E-state index contributed by atoms with van der Waals surface area (Å²) in [6, 6.07) is 35.9. The fraction of sp³-hybridized carbons (Fsp3) is 0.140. The van der Waals surface area contributed by atoms with Gasteiger partial charge in [-0.3, -0.25) is 19.2 Å². The van der Waals surface area contributed by atoms with Gasteiger partial charge in [-0.1, -0.05) is 54.6 Å². The van der Waals surface area contributed by atoms with Crippen molar-refractivity contribution in [2.45, 2.75) is 37.0 Å². The molecule has 1 aliphatic heterocycles. The molecule has 6 aromatic rings. The minimum atomic E-state index is -0.692. The Balaban J connectivity index is 1.12. The van der Waals surface area contributed by atoms with Gasteiger partial charge >= 0.3 is 5.97 Å². The van der Waals surface area contributed by atoms with Crippen LogP contribution in [0.4, 0.5) is 11.4 Å². The van der Waals surface area contributed by atoms with Crippen molar-refractivity contribution in [3.05, 3.63) is 144 Å². The van der Waals surface area contributed by atoms with Gasteiger partial charge in [-0.15, -0.1) is 11.8 Å². The lowest BCUT2D eigenvalue weighted by molar-refractivity contribution is -0.121. The summed E-state index contributed by atoms with van der Waals surface area (Å²) >= 11 is 1.22. The van der Waals surface area contributed by atoms with Crippen molar-refractivity contribution in [1.82, 2.24) is 9.88 Å². The van der Waals surface area contributed by atoms with E-state index < -0.39 is 23.0 Å². The van der Waals surface area contributed by atoms with Crippen molar-refractivity contribution in [3.63, 3.8) is 0 Å². The Morgan fingerprint density at radius 1 is 0.796 bits per heavy atom. The molecular formula is C43H36N4O6S. The number of nitrogens with zero attached hydrogens (tertiary/aromatic N) is 2. The minimum absolute atomic E-state index is 0.0144. The molecule has 0 radical (unpaired) electrons. The van der Waals surface area contributed by atoms with Crippen molar-refractivity contribution < 1.29 is 28.7 Å². The predicted molar refractivity (Wildman–Crippen MR) is 211 cm³/mol. The molecule has 54 heavy (non-hydrogen) atoms. The maximum absolute atomic E-state index is 13.9. The number of imide groups is 1. The van der Waals surface area contributed by atoms with Gasteiger partial charge in [-0.05, 0) is 92.2 Å². The molecule has 270 valence electrons. The van der Waals surface area contributed by atoms with E-state index in [1.807, 2.05) is 36.4 Å². The molecule has 1 atom stereocenters. The number of amides is 4. The Labute approximate surface area is 315 Å². The lowest BCUT2D eigenvalue weighted by Gasteiger charge is -2.16. The number of hydrogen-bond donors (Lipinski definition) is 2. The first kappa shape index (κ1) is 35.9. The molecule has 1 aromatic heterocycles. The Bertz CT molecular complexity index is 2460. The monoisotopic (exact) mass is 736 g/mol. The Morgan fingerprint density at radius 3 is 2.30 bits per heavy atom. The zero-order valence-electron chi connectivity index (χ0n) is 29.6. The number of anilines is 2. The molecule has 0 spiro atoms. The molecule has 7 rings (SSSR count). The fourth-order valence-corrected chi connectivity index (χ4v) is 7.66. The number of ether oxygens (including phenoxy) is 1. The zero-order valence-corrected chi connectivity index (χ0v) is 30.4. The fourth-order valence-electron chi connectivity index (χ4n) is 6.54. The average Bonchev–Trinajstić information content (AvgIpc) is 3.66. The molecular weight excluding hydrogens is 701 g/mol. The van der Waals surface area contributed by atoms with Crippen LogP contribution in [0.15, 0.2) is 132 Å². The third kappa shape index (κ3) is 7.39. The second kappa shape index (κ2) is 15.6. The van der Waals surface area contributed by atoms with Crippen LogP contribution in [0, 0.1) is 0 Å². The van der Waals surface area contributed by atoms with Gasteiger partial charge in [0.25, 0.3) is 11.8 Å². The lowest BCUT2D eigenvalue weighted by Crippen LogP contribution is -2.31. The van der Waals surface area contributed by atoms with Gasteiger partial charge in [0.1, 0.15) is 5.70 Å². The van der Waals surface area contributed by atoms with Crippen LogP contribution < -0.4 is 15.5 Å². The van der Waals surface area contributed by atoms with Gasteiger partial charge < -0.3 is 19.9 Å². The van der Waals surface area contributed by atoms with Crippen LogP contribution in [0.2, 0.25) is 0 Å². The molecule has 1 saturated heterocycles. The largest absolute Gasteiger partial charge is 0.462 e. The van der Waals surface area contributed by atoms with E-state index >= 15 is 0 Å². The first-order valence-electron chi connectivity index (χ1n) is 17.5. The highest BCUT2D eigenvalue weighted by Crippen LogP contribution is 2.35. The van der Waals surface area contributed by atoms with Gasteiger partial charge in [0.15, 0.2) is 0 Å². The van der Waals surface area contributed by atoms with Crippen molar-refractivity contribution >= 4 is 80.6 Å². The first-order chi connectivity index (χ1) is 26.2. The number of thioether (sulfide) groups is 1. The average molecular weight is 737 g/mol. The van der Waals surface area contributed by atoms with Crippen molar-refractivity contribution in [3.8, 4) is 0 Å². The summed E-state index contributed by atoms with van der Waals surface area (Å²) in [6.45, 7) is 4.79. The summed E-state index contributed by atoms with van der Waals surface area (Å²) in [7, 11) is 0. The second-order valence-corrected chi connectivity index (χ2v) is 13.8. The number of para-hydroxylation sites is 1. The molecule has 0 aliphatic carbocycles. The zero-order chi connectivity index (χ0) is 37.8. The number of aromatic nitrogens is 1. The second-order valence-electron chi connectivity index (χ2n) is 12.5. The van der Waals surface area contributed by atoms with E-state index in [9.17, 15) is 24.0 Å². The van der Waals surface area contributed by atoms with Crippen LogP contribution >= 0.6 is 11.8 Å². The molecule has 2 N–H and O–H groups in total. The minimum Gasteiger partial charge on any atom is -0.462 e. The topological polar surface area (TPSA) is 127 Å². The summed E-state index contributed by atoms with van der Waals surface area (Å²) in [5, 5.41) is 7.25. The van der Waals surface area contributed by atoms with E-state index in [0.29, 0.717) is 27.4 Å². The molecule has 1 aliphatic rings. The number of carbonyl (C=O) groups excluding carboxylic acids is 5. The smallest absolute Gasteiger partial charge is 0.338 e. The van der Waals surface area contributed by atoms with Crippen molar-refractivity contribution in [2.75, 3.05) is 16.8 Å². The molecule has 10 nitrogen and oxygen atoms in total. The Kier molecular flexibility index (Phi) is 10.4. The highest BCUT2D eigenvalue weighted by Gasteiger charge is 2.40. The Morgan fingerprint density at radius 2 is 1.54 bits per heavy atom. The molecule has 5 aromatic carbocycles. The summed E-state index contributed by atoms with van der Waals surface area (Å²) in [5.41, 5.74) is 4.43. The van der Waals surface area contributed by atoms with Crippen LogP contribution in [-0.4, -0.2) is 46.0 Å². The number of hydrogen-bond acceptors (Lipinski definition) is 7. The van der Waals surface area contributed by atoms with Crippen molar-refractivity contribution in [2.24, 2.45) is 0 Å². The van der Waals surface area contributed by atoms with Gasteiger partial charge in [0, 0.05) is 50.9 Å². The van der Waals surface area contributed by atoms with Crippen LogP contribution in [0.5, 0.6) is 0 Å². The summed E-state index contributed by atoms with van der Waals surface area (Å²) in [6.07, 6.45) is 1.64. The molecule has 2 heterocycles. The number of esters is 1. The van der Waals surface area contributed by atoms with E-state index in [4.69, 9.17) is 4.74 Å². The van der Waals surface area contributed by atoms with E-state index in [2.05, 4.69) is 34.3 Å². The summed E-state index contributed by atoms with van der Waals surface area (Å²) < 4.78 is 7.24. The summed E-state index contributed by atoms with van der Waals surface area (Å²) in [4.78, 5) is 67.5. The number of fused-ring (bicyclic) bond motifs is 3. The van der Waals surface area contributed by atoms with E-state index in [1.54, 1.807) is 73.7 Å². The molecule has 4 amide bonds. The van der Waals surface area contributed by atoms with Crippen LogP contribution in [0.25, 0.3) is 27.9 Å². The predicted octanol–water partition coefficient (Wildman–Crippen LogP) is 7.82. The van der Waals surface area contributed by atoms with Gasteiger partial charge in [-0.2, -0.15) is 0 Å². The normalized spacial score (nSPS) is 14.4. The van der Waals surface area contributed by atoms with Crippen molar-refractivity contribution in [1.29, 1.82) is 0 Å². The molecule has 11 heteroatoms. The summed E-state index contributed by atoms with van der Waals surface area (Å²) in [5.74, 6) is -2.19. The van der Waals surface area contributed by atoms with Gasteiger partial charge in [0.05, 0.1) is 23.1 Å². The number of benzene rings is 5. The quantitative estimate of drug-likeness (QED) is 0.0789. The SMILES string of the molecule is CCOC(=O)c1ccc(N2C(=O)CC(Sc3cccc(NC(=O)/C(=C/c4ccc5c6ccccc6n(CC)c5c4)NC(=O)c4ccccc4)c3)C2=O)cc1. The third-order valence-electron chi connectivity index (χ3n) is 9.07. The molecule has 1 unspecified atom stereocenters. The lowest BCUT2D eigenvalue weighted by atomic mass is 10.1. The maximum atomic E-state index is 13.9. The van der Waals surface area contributed by atoms with Crippen LogP contribution in [0.1, 0.15) is 46.5 Å². The number of carbonyl (C=O) groups is 5. The van der Waals surface area contributed by atoms with E-state index in [1.165, 1.54) is 23.9 Å². The maximum Gasteiger partial charge on any atom is 0.338 e. The first-order valence-corrected chi connectivity index (χ1v) is 18.4. The van der Waals surface area contributed by atoms with Gasteiger partial charge in [0.2, 0.25) is 11.8 Å². The highest BCUT2D eigenvalue weighted by atomic mass is 32.2. The third-order valence-corrected chi connectivity index (χ3v) is 10.2. The van der Waals surface area contributed by atoms with E-state index in [-0.39, 0.29) is 30.5 Å².